The Labute approximate surface area is 148 Å². The summed E-state index contributed by atoms with van der Waals surface area (Å²) in [7, 11) is 3.87. The standard InChI is InChI=1S/C19H24N4O2/c1-22(2)13-19(25)8-4-11-23(14-19)18(24)16-7-3-6-15(12-16)17-20-9-5-10-21-17/h3,5-7,9-10,12,25H,4,8,11,13-14H2,1-2H3. The average Bonchev–Trinajstić information content (AvgIpc) is 2.61. The number of benzene rings is 1. The summed E-state index contributed by atoms with van der Waals surface area (Å²) < 4.78 is 0. The number of hydrogen-bond donors (Lipinski definition) is 1. The van der Waals surface area contributed by atoms with Crippen molar-refractivity contribution in [1.82, 2.24) is 19.8 Å². The van der Waals surface area contributed by atoms with E-state index in [0.29, 0.717) is 37.4 Å². The summed E-state index contributed by atoms with van der Waals surface area (Å²) in [6.45, 7) is 1.57. The molecule has 1 aromatic carbocycles. The van der Waals surface area contributed by atoms with Crippen LogP contribution >= 0.6 is 0 Å². The molecule has 1 unspecified atom stereocenters. The van der Waals surface area contributed by atoms with Crippen LogP contribution in [0.5, 0.6) is 0 Å². The smallest absolute Gasteiger partial charge is 0.253 e. The zero-order valence-electron chi connectivity index (χ0n) is 14.7. The molecule has 1 aromatic heterocycles. The normalized spacial score (nSPS) is 20.7. The molecule has 132 valence electrons. The SMILES string of the molecule is CN(C)CC1(O)CCCN(C(=O)c2cccc(-c3ncccn3)c2)C1. The predicted octanol–water partition coefficient (Wildman–Crippen LogP) is 1.67. The van der Waals surface area contributed by atoms with Crippen molar-refractivity contribution in [2.24, 2.45) is 0 Å². The molecule has 1 atom stereocenters. The van der Waals surface area contributed by atoms with Crippen LogP contribution in [-0.2, 0) is 0 Å². The number of rotatable bonds is 4. The summed E-state index contributed by atoms with van der Waals surface area (Å²) in [5.74, 6) is 0.537. The lowest BCUT2D eigenvalue weighted by molar-refractivity contribution is -0.0391. The van der Waals surface area contributed by atoms with Gasteiger partial charge in [-0.3, -0.25) is 4.79 Å². The fraction of sp³-hybridized carbons (Fsp3) is 0.421. The maximum absolute atomic E-state index is 12.9. The Morgan fingerprint density at radius 3 is 2.76 bits per heavy atom. The molecule has 1 amide bonds. The van der Waals surface area contributed by atoms with Gasteiger partial charge in [0.2, 0.25) is 0 Å². The number of carbonyl (C=O) groups excluding carboxylic acids is 1. The zero-order chi connectivity index (χ0) is 17.9. The Balaban J connectivity index is 1.79. The lowest BCUT2D eigenvalue weighted by Crippen LogP contribution is -2.54. The summed E-state index contributed by atoms with van der Waals surface area (Å²) in [4.78, 5) is 25.1. The molecule has 1 N–H and O–H groups in total. The van der Waals surface area contributed by atoms with Gasteiger partial charge in [0.25, 0.3) is 5.91 Å². The summed E-state index contributed by atoms with van der Waals surface area (Å²) in [6.07, 6.45) is 4.88. The second-order valence-electron chi connectivity index (χ2n) is 6.95. The average molecular weight is 340 g/mol. The van der Waals surface area contributed by atoms with Gasteiger partial charge in [-0.1, -0.05) is 12.1 Å². The van der Waals surface area contributed by atoms with Crippen molar-refractivity contribution in [3.8, 4) is 11.4 Å². The molecule has 1 saturated heterocycles. The first-order chi connectivity index (χ1) is 12.0. The highest BCUT2D eigenvalue weighted by Crippen LogP contribution is 2.24. The predicted molar refractivity (Wildman–Crippen MR) is 96.1 cm³/mol. The van der Waals surface area contributed by atoms with E-state index in [4.69, 9.17) is 0 Å². The summed E-state index contributed by atoms with van der Waals surface area (Å²) in [5.41, 5.74) is 0.559. The summed E-state index contributed by atoms with van der Waals surface area (Å²) in [6, 6.07) is 9.11. The lowest BCUT2D eigenvalue weighted by Gasteiger charge is -2.40. The molecule has 6 nitrogen and oxygen atoms in total. The summed E-state index contributed by atoms with van der Waals surface area (Å²) >= 11 is 0. The van der Waals surface area contributed by atoms with Crippen molar-refractivity contribution in [1.29, 1.82) is 0 Å². The van der Waals surface area contributed by atoms with E-state index in [1.54, 1.807) is 29.4 Å². The molecule has 2 heterocycles. The summed E-state index contributed by atoms with van der Waals surface area (Å²) in [5, 5.41) is 10.8. The fourth-order valence-corrected chi connectivity index (χ4v) is 3.43. The number of carbonyl (C=O) groups is 1. The number of likely N-dealkylation sites (tertiary alicyclic amines) is 1. The number of hydrogen-bond acceptors (Lipinski definition) is 5. The van der Waals surface area contributed by atoms with E-state index in [0.717, 1.165) is 12.0 Å². The van der Waals surface area contributed by atoms with Crippen molar-refractivity contribution >= 4 is 5.91 Å². The second kappa shape index (κ2) is 7.29. The number of aliphatic hydroxyl groups is 1. The van der Waals surface area contributed by atoms with Gasteiger partial charge in [-0.15, -0.1) is 0 Å². The monoisotopic (exact) mass is 340 g/mol. The van der Waals surface area contributed by atoms with E-state index >= 15 is 0 Å². The van der Waals surface area contributed by atoms with Crippen molar-refractivity contribution in [3.05, 3.63) is 48.3 Å². The maximum atomic E-state index is 12.9. The molecule has 0 spiro atoms. The van der Waals surface area contributed by atoms with Crippen molar-refractivity contribution < 1.29 is 9.90 Å². The second-order valence-corrected chi connectivity index (χ2v) is 6.95. The number of nitrogens with zero attached hydrogens (tertiary/aromatic N) is 4. The van der Waals surface area contributed by atoms with Gasteiger partial charge in [-0.05, 0) is 45.1 Å². The number of likely N-dealkylation sites (N-methyl/N-ethyl adjacent to an activating group) is 1. The van der Waals surface area contributed by atoms with Crippen LogP contribution in [0, 0.1) is 0 Å². The van der Waals surface area contributed by atoms with E-state index in [2.05, 4.69) is 9.97 Å². The minimum atomic E-state index is -0.850. The van der Waals surface area contributed by atoms with Crippen LogP contribution in [0.4, 0.5) is 0 Å². The number of β-amino-alcohol motifs (C(OH)–C–C–N with tert-alkyl or cyclic N) is 1. The molecule has 0 saturated carbocycles. The Kier molecular flexibility index (Phi) is 5.11. The Morgan fingerprint density at radius 2 is 2.04 bits per heavy atom. The highest BCUT2D eigenvalue weighted by Gasteiger charge is 2.35. The molecule has 0 aliphatic carbocycles. The van der Waals surface area contributed by atoms with Gasteiger partial charge in [0.15, 0.2) is 5.82 Å². The topological polar surface area (TPSA) is 69.6 Å². The van der Waals surface area contributed by atoms with E-state index in [1.807, 2.05) is 37.2 Å². The largest absolute Gasteiger partial charge is 0.387 e. The molecule has 1 aliphatic rings. The molecule has 1 fully saturated rings. The number of piperidine rings is 1. The first-order valence-electron chi connectivity index (χ1n) is 8.51. The van der Waals surface area contributed by atoms with Crippen LogP contribution < -0.4 is 0 Å². The van der Waals surface area contributed by atoms with Crippen LogP contribution in [0.2, 0.25) is 0 Å². The van der Waals surface area contributed by atoms with Gasteiger partial charge in [-0.25, -0.2) is 9.97 Å². The molecule has 0 bridgehead atoms. The van der Waals surface area contributed by atoms with Crippen molar-refractivity contribution in [2.45, 2.75) is 18.4 Å². The zero-order valence-corrected chi connectivity index (χ0v) is 14.7. The van der Waals surface area contributed by atoms with E-state index in [-0.39, 0.29) is 5.91 Å². The molecule has 2 aromatic rings. The van der Waals surface area contributed by atoms with E-state index < -0.39 is 5.60 Å². The Morgan fingerprint density at radius 1 is 1.28 bits per heavy atom. The highest BCUT2D eigenvalue weighted by atomic mass is 16.3. The van der Waals surface area contributed by atoms with Crippen LogP contribution in [-0.4, -0.2) is 70.1 Å². The van der Waals surface area contributed by atoms with Gasteiger partial charge in [-0.2, -0.15) is 0 Å². The third kappa shape index (κ3) is 4.21. The van der Waals surface area contributed by atoms with E-state index in [9.17, 15) is 9.90 Å². The van der Waals surface area contributed by atoms with E-state index in [1.165, 1.54) is 0 Å². The molecule has 6 heteroatoms. The molecular weight excluding hydrogens is 316 g/mol. The van der Waals surface area contributed by atoms with Crippen molar-refractivity contribution in [3.63, 3.8) is 0 Å². The maximum Gasteiger partial charge on any atom is 0.253 e. The molecule has 3 rings (SSSR count). The van der Waals surface area contributed by atoms with Gasteiger partial charge in [0.05, 0.1) is 12.1 Å². The van der Waals surface area contributed by atoms with Gasteiger partial charge in [0, 0.05) is 36.6 Å². The first-order valence-corrected chi connectivity index (χ1v) is 8.51. The molecule has 0 radical (unpaired) electrons. The minimum absolute atomic E-state index is 0.0605. The van der Waals surface area contributed by atoms with Crippen LogP contribution in [0.25, 0.3) is 11.4 Å². The van der Waals surface area contributed by atoms with Crippen LogP contribution in [0.3, 0.4) is 0 Å². The Hall–Kier alpha value is -2.31. The van der Waals surface area contributed by atoms with Crippen LogP contribution in [0.1, 0.15) is 23.2 Å². The third-order valence-electron chi connectivity index (χ3n) is 4.39. The molecular formula is C19H24N4O2. The fourth-order valence-electron chi connectivity index (χ4n) is 3.43. The van der Waals surface area contributed by atoms with Gasteiger partial charge >= 0.3 is 0 Å². The Bertz CT molecular complexity index is 735. The molecule has 25 heavy (non-hydrogen) atoms. The van der Waals surface area contributed by atoms with Crippen molar-refractivity contribution in [2.75, 3.05) is 33.7 Å². The number of amides is 1. The van der Waals surface area contributed by atoms with Gasteiger partial charge < -0.3 is 14.9 Å². The van der Waals surface area contributed by atoms with Crippen LogP contribution in [0.15, 0.2) is 42.7 Å². The minimum Gasteiger partial charge on any atom is -0.387 e. The first kappa shape index (κ1) is 17.5. The molecule has 1 aliphatic heterocycles. The third-order valence-corrected chi connectivity index (χ3v) is 4.39. The quantitative estimate of drug-likeness (QED) is 0.917. The highest BCUT2D eigenvalue weighted by molar-refractivity contribution is 5.95. The lowest BCUT2D eigenvalue weighted by atomic mass is 9.92. The van der Waals surface area contributed by atoms with Gasteiger partial charge in [0.1, 0.15) is 0 Å². The number of aromatic nitrogens is 2.